The van der Waals surface area contributed by atoms with Crippen LogP contribution in [0.25, 0.3) is 0 Å². The van der Waals surface area contributed by atoms with Crippen molar-refractivity contribution in [3.8, 4) is 0 Å². The van der Waals surface area contributed by atoms with Gasteiger partial charge in [-0.25, -0.2) is 0 Å². The van der Waals surface area contributed by atoms with E-state index < -0.39 is 7.26 Å². The number of carbonyl (C=O) groups is 1. The maximum Gasteiger partial charge on any atom is 0.120 e. The Hall–Kier alpha value is -2.24. The van der Waals surface area contributed by atoms with Crippen LogP contribution in [0.4, 0.5) is 0 Å². The van der Waals surface area contributed by atoms with Gasteiger partial charge in [-0.3, -0.25) is 0 Å². The molecule has 0 bridgehead atoms. The quantitative estimate of drug-likeness (QED) is 0.363. The fourth-order valence-corrected chi connectivity index (χ4v) is 7.66. The van der Waals surface area contributed by atoms with Crippen molar-refractivity contribution < 1.29 is 4.79 Å². The third-order valence-corrected chi connectivity index (χ3v) is 8.93. The number of hydrogen-bond donors (Lipinski definition) is 0. The summed E-state index contributed by atoms with van der Waals surface area (Å²) >= 11 is 0. The summed E-state index contributed by atoms with van der Waals surface area (Å²) in [5, 5.41) is 4.15. The van der Waals surface area contributed by atoms with Crippen LogP contribution in [-0.2, 0) is 4.79 Å². The summed E-state index contributed by atoms with van der Waals surface area (Å²) in [5.41, 5.74) is 0. The third-order valence-electron chi connectivity index (χ3n) is 4.41. The molecule has 3 aromatic carbocycles. The average molecular weight is 333 g/mol. The Balaban J connectivity index is 2.22. The van der Waals surface area contributed by atoms with Gasteiger partial charge in [-0.05, 0) is 42.8 Å². The monoisotopic (exact) mass is 333 g/mol. The molecule has 0 atom stereocenters. The van der Waals surface area contributed by atoms with Crippen LogP contribution in [-0.4, -0.2) is 12.4 Å². The van der Waals surface area contributed by atoms with Crippen molar-refractivity contribution in [1.82, 2.24) is 0 Å². The summed E-state index contributed by atoms with van der Waals surface area (Å²) in [4.78, 5) is 10.9. The zero-order valence-electron chi connectivity index (χ0n) is 13.7. The molecule has 0 aromatic heterocycles. The molecule has 0 saturated heterocycles. The summed E-state index contributed by atoms with van der Waals surface area (Å²) in [5.74, 6) is 0. The molecule has 0 spiro atoms. The SMILES string of the molecule is O=CCCC[P+](c1ccccc1)(c1ccccc1)c1ccccc1. The zero-order chi connectivity index (χ0) is 16.7. The summed E-state index contributed by atoms with van der Waals surface area (Å²) in [7, 11) is -1.74. The van der Waals surface area contributed by atoms with E-state index in [1.165, 1.54) is 15.9 Å². The summed E-state index contributed by atoms with van der Waals surface area (Å²) in [6.07, 6.45) is 3.59. The van der Waals surface area contributed by atoms with E-state index in [1.807, 2.05) is 0 Å². The van der Waals surface area contributed by atoms with E-state index in [0.29, 0.717) is 6.42 Å². The van der Waals surface area contributed by atoms with Crippen molar-refractivity contribution in [3.05, 3.63) is 91.0 Å². The van der Waals surface area contributed by atoms with Crippen molar-refractivity contribution in [2.45, 2.75) is 12.8 Å². The number of benzene rings is 3. The Bertz CT molecular complexity index is 657. The van der Waals surface area contributed by atoms with E-state index in [9.17, 15) is 4.79 Å². The Morgan fingerprint density at radius 1 is 0.625 bits per heavy atom. The largest absolute Gasteiger partial charge is 0.303 e. The molecule has 3 rings (SSSR count). The van der Waals surface area contributed by atoms with Gasteiger partial charge < -0.3 is 4.79 Å². The van der Waals surface area contributed by atoms with Gasteiger partial charge in [0, 0.05) is 6.42 Å². The van der Waals surface area contributed by atoms with Crippen LogP contribution in [0.15, 0.2) is 91.0 Å². The minimum Gasteiger partial charge on any atom is -0.303 e. The number of carbonyl (C=O) groups excluding carboxylic acids is 1. The lowest BCUT2D eigenvalue weighted by Gasteiger charge is -2.27. The predicted molar refractivity (Wildman–Crippen MR) is 105 cm³/mol. The van der Waals surface area contributed by atoms with Crippen LogP contribution in [0.2, 0.25) is 0 Å². The van der Waals surface area contributed by atoms with Crippen LogP contribution < -0.4 is 15.9 Å². The van der Waals surface area contributed by atoms with Gasteiger partial charge in [0.05, 0.1) is 6.16 Å². The fraction of sp³-hybridized carbons (Fsp3) is 0.136. The second kappa shape index (κ2) is 8.04. The molecule has 0 aliphatic carbocycles. The standard InChI is InChI=1S/C22H22OP/c23-18-10-11-19-24(20-12-4-1-5-13-20,21-14-6-2-7-15-21)22-16-8-3-9-17-22/h1-9,12-18H,10-11,19H2/q+1. The smallest absolute Gasteiger partial charge is 0.120 e. The first-order valence-corrected chi connectivity index (χ1v) is 10.3. The Labute approximate surface area is 144 Å². The molecular weight excluding hydrogens is 311 g/mol. The highest BCUT2D eigenvalue weighted by atomic mass is 31.2. The first-order valence-electron chi connectivity index (χ1n) is 8.36. The van der Waals surface area contributed by atoms with Crippen LogP contribution in [0.3, 0.4) is 0 Å². The van der Waals surface area contributed by atoms with Gasteiger partial charge in [-0.2, -0.15) is 0 Å². The molecule has 0 heterocycles. The number of hydrogen-bond acceptors (Lipinski definition) is 1. The van der Waals surface area contributed by atoms with E-state index in [0.717, 1.165) is 18.9 Å². The molecule has 24 heavy (non-hydrogen) atoms. The lowest BCUT2D eigenvalue weighted by atomic mass is 10.3. The first kappa shape index (κ1) is 16.6. The molecule has 0 saturated carbocycles. The van der Waals surface area contributed by atoms with Crippen molar-refractivity contribution in [3.63, 3.8) is 0 Å². The Morgan fingerprint density at radius 3 is 1.33 bits per heavy atom. The highest BCUT2D eigenvalue weighted by Gasteiger charge is 2.44. The normalized spacial score (nSPS) is 11.2. The lowest BCUT2D eigenvalue weighted by molar-refractivity contribution is -0.107. The van der Waals surface area contributed by atoms with Crippen molar-refractivity contribution >= 4 is 29.5 Å². The van der Waals surface area contributed by atoms with Crippen molar-refractivity contribution in [2.75, 3.05) is 6.16 Å². The number of unbranched alkanes of at least 4 members (excludes halogenated alkanes) is 1. The molecule has 0 fully saturated rings. The molecule has 3 aromatic rings. The topological polar surface area (TPSA) is 17.1 Å². The maximum absolute atomic E-state index is 10.9. The molecule has 0 aliphatic heterocycles. The third kappa shape index (κ3) is 3.32. The number of aldehydes is 1. The van der Waals surface area contributed by atoms with E-state index in [4.69, 9.17) is 0 Å². The van der Waals surface area contributed by atoms with Gasteiger partial charge in [-0.1, -0.05) is 54.6 Å². The van der Waals surface area contributed by atoms with Crippen LogP contribution in [0.1, 0.15) is 12.8 Å². The van der Waals surface area contributed by atoms with Gasteiger partial charge >= 0.3 is 0 Å². The van der Waals surface area contributed by atoms with Crippen LogP contribution in [0, 0.1) is 0 Å². The Morgan fingerprint density at radius 2 is 1.00 bits per heavy atom. The molecule has 0 radical (unpaired) electrons. The lowest BCUT2D eigenvalue weighted by Crippen LogP contribution is -2.33. The zero-order valence-corrected chi connectivity index (χ0v) is 14.6. The van der Waals surface area contributed by atoms with Crippen molar-refractivity contribution in [1.29, 1.82) is 0 Å². The molecule has 120 valence electrons. The Kier molecular flexibility index (Phi) is 5.56. The highest BCUT2D eigenvalue weighted by Crippen LogP contribution is 2.55. The summed E-state index contributed by atoms with van der Waals surface area (Å²) < 4.78 is 0. The minimum atomic E-state index is -1.74. The summed E-state index contributed by atoms with van der Waals surface area (Å²) in [6, 6.07) is 32.4. The first-order chi connectivity index (χ1) is 11.9. The molecule has 0 unspecified atom stereocenters. The van der Waals surface area contributed by atoms with Crippen LogP contribution in [0.5, 0.6) is 0 Å². The molecule has 0 N–H and O–H groups in total. The molecule has 0 aliphatic rings. The minimum absolute atomic E-state index is 0.619. The summed E-state index contributed by atoms with van der Waals surface area (Å²) in [6.45, 7) is 0. The van der Waals surface area contributed by atoms with Gasteiger partial charge in [0.15, 0.2) is 0 Å². The van der Waals surface area contributed by atoms with E-state index in [1.54, 1.807) is 0 Å². The van der Waals surface area contributed by atoms with Gasteiger partial charge in [0.2, 0.25) is 0 Å². The van der Waals surface area contributed by atoms with Gasteiger partial charge in [0.25, 0.3) is 0 Å². The maximum atomic E-state index is 10.9. The second-order valence-electron chi connectivity index (χ2n) is 5.85. The second-order valence-corrected chi connectivity index (χ2v) is 9.46. The van der Waals surface area contributed by atoms with E-state index in [2.05, 4.69) is 91.0 Å². The predicted octanol–water partition coefficient (Wildman–Crippen LogP) is 3.96. The van der Waals surface area contributed by atoms with Crippen LogP contribution >= 0.6 is 7.26 Å². The van der Waals surface area contributed by atoms with Gasteiger partial charge in [-0.15, -0.1) is 0 Å². The average Bonchev–Trinajstić information content (AvgIpc) is 2.68. The van der Waals surface area contributed by atoms with E-state index >= 15 is 0 Å². The van der Waals surface area contributed by atoms with Crippen molar-refractivity contribution in [2.24, 2.45) is 0 Å². The number of rotatable bonds is 7. The molecule has 2 heteroatoms. The molecular formula is C22H22OP+. The van der Waals surface area contributed by atoms with Gasteiger partial charge in [0.1, 0.15) is 29.5 Å². The highest BCUT2D eigenvalue weighted by molar-refractivity contribution is 7.95. The molecule has 1 nitrogen and oxygen atoms in total. The van der Waals surface area contributed by atoms with E-state index in [-0.39, 0.29) is 0 Å². The fourth-order valence-electron chi connectivity index (χ4n) is 3.29. The molecule has 0 amide bonds.